The Bertz CT molecular complexity index is 494. The Morgan fingerprint density at radius 1 is 1.37 bits per heavy atom. The molecule has 0 bridgehead atoms. The lowest BCUT2D eigenvalue weighted by Gasteiger charge is -2.26. The fourth-order valence-corrected chi connectivity index (χ4v) is 3.38. The van der Waals surface area contributed by atoms with E-state index in [2.05, 4.69) is 19.8 Å². The van der Waals surface area contributed by atoms with Gasteiger partial charge in [-0.2, -0.15) is 5.10 Å². The summed E-state index contributed by atoms with van der Waals surface area (Å²) in [5, 5.41) is 15.0. The smallest absolute Gasteiger partial charge is 0.257 e. The number of rotatable bonds is 6. The van der Waals surface area contributed by atoms with Crippen LogP contribution in [-0.2, 0) is 16.6 Å². The third-order valence-corrected chi connectivity index (χ3v) is 4.76. The summed E-state index contributed by atoms with van der Waals surface area (Å²) in [7, 11) is -3.62. The predicted octanol–water partition coefficient (Wildman–Crippen LogP) is -0.334. The Kier molecular flexibility index (Phi) is 4.92. The van der Waals surface area contributed by atoms with Gasteiger partial charge < -0.3 is 10.0 Å². The molecule has 0 amide bonds. The first-order chi connectivity index (χ1) is 9.13. The van der Waals surface area contributed by atoms with E-state index in [1.165, 1.54) is 25.5 Å². The third-order valence-electron chi connectivity index (χ3n) is 3.29. The molecule has 0 unspecified atom stereocenters. The molecule has 1 aromatic rings. The van der Waals surface area contributed by atoms with Gasteiger partial charge in [0.2, 0.25) is 0 Å². The molecule has 0 spiro atoms. The molecule has 19 heavy (non-hydrogen) atoms. The van der Waals surface area contributed by atoms with E-state index in [4.69, 9.17) is 5.11 Å². The number of hydrogen-bond donors (Lipinski definition) is 3. The van der Waals surface area contributed by atoms with Crippen LogP contribution >= 0.6 is 0 Å². The number of aromatic nitrogens is 2. The quantitative estimate of drug-likeness (QED) is 0.665. The summed E-state index contributed by atoms with van der Waals surface area (Å²) in [6.07, 6.45) is 4.94. The van der Waals surface area contributed by atoms with Crippen molar-refractivity contribution >= 4 is 10.0 Å². The zero-order valence-electron chi connectivity index (χ0n) is 10.8. The first-order valence-electron chi connectivity index (χ1n) is 6.48. The third kappa shape index (κ3) is 3.75. The molecule has 0 radical (unpaired) electrons. The molecule has 0 atom stereocenters. The molecule has 0 aromatic carbocycles. The Morgan fingerprint density at radius 3 is 2.79 bits per heavy atom. The van der Waals surface area contributed by atoms with Gasteiger partial charge in [-0.05, 0) is 25.9 Å². The van der Waals surface area contributed by atoms with Gasteiger partial charge >= 0.3 is 0 Å². The normalized spacial score (nSPS) is 17.7. The molecule has 3 N–H and O–H groups in total. The van der Waals surface area contributed by atoms with Crippen LogP contribution in [0.1, 0.15) is 24.8 Å². The zero-order valence-corrected chi connectivity index (χ0v) is 11.6. The number of aromatic amines is 1. The van der Waals surface area contributed by atoms with E-state index < -0.39 is 10.0 Å². The maximum absolute atomic E-state index is 12.0. The van der Waals surface area contributed by atoms with Crippen LogP contribution in [0, 0.1) is 0 Å². The number of nitrogens with one attached hydrogen (secondary N) is 2. The van der Waals surface area contributed by atoms with Crippen LogP contribution in [0.15, 0.2) is 11.2 Å². The van der Waals surface area contributed by atoms with Crippen LogP contribution in [0.5, 0.6) is 0 Å². The highest BCUT2D eigenvalue weighted by Gasteiger charge is 2.20. The van der Waals surface area contributed by atoms with Crippen LogP contribution < -0.4 is 4.72 Å². The number of H-pyrrole nitrogens is 1. The average Bonchev–Trinajstić information content (AvgIpc) is 2.89. The van der Waals surface area contributed by atoms with E-state index >= 15 is 0 Å². The monoisotopic (exact) mass is 288 g/mol. The van der Waals surface area contributed by atoms with Crippen molar-refractivity contribution in [2.24, 2.45) is 0 Å². The summed E-state index contributed by atoms with van der Waals surface area (Å²) in [5.74, 6) is 0. The van der Waals surface area contributed by atoms with Crippen molar-refractivity contribution in [2.75, 3.05) is 26.2 Å². The Morgan fingerprint density at radius 2 is 2.11 bits per heavy atom. The van der Waals surface area contributed by atoms with E-state index in [0.717, 1.165) is 13.1 Å². The standard InChI is InChI=1S/C11H20N4O3S/c16-9-10-8-12-14-11(10)19(17,18)13-4-7-15-5-2-1-3-6-15/h8,13,16H,1-7,9H2,(H,12,14). The zero-order chi connectivity index (χ0) is 13.7. The van der Waals surface area contributed by atoms with Gasteiger partial charge in [-0.3, -0.25) is 5.10 Å². The predicted molar refractivity (Wildman–Crippen MR) is 70.0 cm³/mol. The first-order valence-corrected chi connectivity index (χ1v) is 7.97. The summed E-state index contributed by atoms with van der Waals surface area (Å²) in [6, 6.07) is 0. The van der Waals surface area contributed by atoms with Gasteiger partial charge in [-0.25, -0.2) is 13.1 Å². The van der Waals surface area contributed by atoms with Crippen molar-refractivity contribution in [3.8, 4) is 0 Å². The number of piperidine rings is 1. The number of likely N-dealkylation sites (tertiary alicyclic amines) is 1. The average molecular weight is 288 g/mol. The molecule has 0 aliphatic carbocycles. The lowest BCUT2D eigenvalue weighted by atomic mass is 10.1. The fraction of sp³-hybridized carbons (Fsp3) is 0.727. The van der Waals surface area contributed by atoms with Gasteiger partial charge in [0.1, 0.15) is 0 Å². The highest BCUT2D eigenvalue weighted by Crippen LogP contribution is 2.11. The Balaban J connectivity index is 1.87. The largest absolute Gasteiger partial charge is 0.392 e. The summed E-state index contributed by atoms with van der Waals surface area (Å²) < 4.78 is 26.5. The van der Waals surface area contributed by atoms with E-state index in [-0.39, 0.29) is 17.2 Å². The molecule has 1 saturated heterocycles. The summed E-state index contributed by atoms with van der Waals surface area (Å²) in [6.45, 7) is 2.80. The van der Waals surface area contributed by atoms with Crippen molar-refractivity contribution in [3.05, 3.63) is 11.8 Å². The van der Waals surface area contributed by atoms with E-state index in [1.54, 1.807) is 0 Å². The number of sulfonamides is 1. The van der Waals surface area contributed by atoms with Crippen LogP contribution in [0.25, 0.3) is 0 Å². The highest BCUT2D eigenvalue weighted by atomic mass is 32.2. The number of aliphatic hydroxyl groups is 1. The molecule has 1 aliphatic heterocycles. The Labute approximate surface area is 113 Å². The lowest BCUT2D eigenvalue weighted by molar-refractivity contribution is 0.232. The molecule has 1 aromatic heterocycles. The van der Waals surface area contributed by atoms with Crippen LogP contribution in [0.2, 0.25) is 0 Å². The van der Waals surface area contributed by atoms with Crippen LogP contribution in [0.3, 0.4) is 0 Å². The first kappa shape index (κ1) is 14.4. The fourth-order valence-electron chi connectivity index (χ4n) is 2.24. The number of nitrogens with zero attached hydrogens (tertiary/aromatic N) is 2. The Hall–Kier alpha value is -0.960. The summed E-state index contributed by atoms with van der Waals surface area (Å²) in [5.41, 5.74) is 0.283. The highest BCUT2D eigenvalue weighted by molar-refractivity contribution is 7.89. The van der Waals surface area contributed by atoms with Gasteiger partial charge in [0.25, 0.3) is 10.0 Å². The van der Waals surface area contributed by atoms with Crippen LogP contribution in [-0.4, -0.2) is 54.8 Å². The van der Waals surface area contributed by atoms with Crippen molar-refractivity contribution < 1.29 is 13.5 Å². The second kappa shape index (κ2) is 6.47. The molecule has 108 valence electrons. The molecule has 0 saturated carbocycles. The van der Waals surface area contributed by atoms with E-state index in [9.17, 15) is 8.42 Å². The van der Waals surface area contributed by atoms with Crippen LogP contribution in [0.4, 0.5) is 0 Å². The van der Waals surface area contributed by atoms with Crippen molar-refractivity contribution in [2.45, 2.75) is 30.9 Å². The molecule has 2 rings (SSSR count). The molecule has 1 aliphatic rings. The van der Waals surface area contributed by atoms with E-state index in [1.807, 2.05) is 0 Å². The van der Waals surface area contributed by atoms with Gasteiger partial charge in [0.05, 0.1) is 12.8 Å². The topological polar surface area (TPSA) is 98.3 Å². The minimum atomic E-state index is -3.62. The minimum Gasteiger partial charge on any atom is -0.392 e. The van der Waals surface area contributed by atoms with Crippen molar-refractivity contribution in [1.29, 1.82) is 0 Å². The van der Waals surface area contributed by atoms with Gasteiger partial charge in [0.15, 0.2) is 5.03 Å². The second-order valence-corrected chi connectivity index (χ2v) is 6.39. The van der Waals surface area contributed by atoms with Gasteiger partial charge in [0, 0.05) is 18.7 Å². The van der Waals surface area contributed by atoms with Gasteiger partial charge in [-0.15, -0.1) is 0 Å². The molecular formula is C11H20N4O3S. The maximum atomic E-state index is 12.0. The lowest BCUT2D eigenvalue weighted by Crippen LogP contribution is -2.37. The SMILES string of the molecule is O=S(=O)(NCCN1CCCCC1)c1[nH]ncc1CO. The van der Waals surface area contributed by atoms with Gasteiger partial charge in [-0.1, -0.05) is 6.42 Å². The molecule has 7 nitrogen and oxygen atoms in total. The summed E-state index contributed by atoms with van der Waals surface area (Å²) >= 11 is 0. The molecule has 8 heteroatoms. The number of aliphatic hydroxyl groups excluding tert-OH is 1. The molecular weight excluding hydrogens is 268 g/mol. The van der Waals surface area contributed by atoms with Crippen molar-refractivity contribution in [1.82, 2.24) is 19.8 Å². The number of hydrogen-bond acceptors (Lipinski definition) is 5. The van der Waals surface area contributed by atoms with E-state index in [0.29, 0.717) is 13.1 Å². The summed E-state index contributed by atoms with van der Waals surface area (Å²) in [4.78, 5) is 2.26. The molecule has 2 heterocycles. The maximum Gasteiger partial charge on any atom is 0.257 e. The van der Waals surface area contributed by atoms with Crippen molar-refractivity contribution in [3.63, 3.8) is 0 Å². The minimum absolute atomic E-state index is 0.0476. The second-order valence-electron chi connectivity index (χ2n) is 4.68. The molecule has 1 fully saturated rings.